The third-order valence-electron chi connectivity index (χ3n) is 4.62. The highest BCUT2D eigenvalue weighted by Gasteiger charge is 2.28. The number of ether oxygens (including phenoxy) is 1. The minimum absolute atomic E-state index is 0.246. The van der Waals surface area contributed by atoms with Gasteiger partial charge >= 0.3 is 6.09 Å². The average Bonchev–Trinajstić information content (AvgIpc) is 3.46. The first-order valence-corrected chi connectivity index (χ1v) is 10.8. The van der Waals surface area contributed by atoms with E-state index in [1.165, 1.54) is 22.0 Å². The molecule has 0 aliphatic heterocycles. The van der Waals surface area contributed by atoms with Crippen LogP contribution in [-0.4, -0.2) is 22.7 Å². The summed E-state index contributed by atoms with van der Waals surface area (Å²) in [6.07, 6.45) is 7.67. The minimum Gasteiger partial charge on any atom is -0.445 e. The Morgan fingerprint density at radius 2 is 2.17 bits per heavy atom. The van der Waals surface area contributed by atoms with Crippen LogP contribution in [0.25, 0.3) is 6.08 Å². The van der Waals surface area contributed by atoms with E-state index in [1.807, 2.05) is 16.8 Å². The molecule has 146 valence electrons. The average molecular weight is 424 g/mol. The largest absolute Gasteiger partial charge is 0.445 e. The van der Waals surface area contributed by atoms with E-state index in [4.69, 9.17) is 4.74 Å². The van der Waals surface area contributed by atoms with E-state index < -0.39 is 6.09 Å². The number of amides is 1. The number of anilines is 1. The summed E-state index contributed by atoms with van der Waals surface area (Å²) in [5.74, 6) is -0.276. The first kappa shape index (κ1) is 19.2. The van der Waals surface area contributed by atoms with E-state index in [2.05, 4.69) is 11.4 Å². The number of nitriles is 1. The van der Waals surface area contributed by atoms with Gasteiger partial charge in [-0.1, -0.05) is 0 Å². The predicted octanol–water partition coefficient (Wildman–Crippen LogP) is 4.68. The summed E-state index contributed by atoms with van der Waals surface area (Å²) in [5, 5.41) is 16.9. The van der Waals surface area contributed by atoms with Crippen LogP contribution in [0.2, 0.25) is 0 Å². The molecule has 1 aliphatic carbocycles. The first-order valence-electron chi connectivity index (χ1n) is 9.04. The van der Waals surface area contributed by atoms with E-state index in [9.17, 15) is 14.9 Å². The Bertz CT molecular complexity index is 1090. The van der Waals surface area contributed by atoms with E-state index in [-0.39, 0.29) is 12.0 Å². The number of hydrogen-bond donors (Lipinski definition) is 1. The number of nitrogens with one attached hydrogen (secondary N) is 1. The summed E-state index contributed by atoms with van der Waals surface area (Å²) in [5.41, 5.74) is 2.42. The van der Waals surface area contributed by atoms with Gasteiger partial charge in [0.15, 0.2) is 0 Å². The van der Waals surface area contributed by atoms with Crippen LogP contribution < -0.4 is 5.32 Å². The molecule has 4 rings (SSSR count). The lowest BCUT2D eigenvalue weighted by molar-refractivity contribution is -0.111. The second-order valence-electron chi connectivity index (χ2n) is 6.54. The maximum Gasteiger partial charge on any atom is 0.418 e. The summed E-state index contributed by atoms with van der Waals surface area (Å²) in [6, 6.07) is 7.67. The fraction of sp³-hybridized carbons (Fsp3) is 0.190. The molecule has 0 saturated carbocycles. The van der Waals surface area contributed by atoms with Crippen LogP contribution >= 0.6 is 22.7 Å². The predicted molar refractivity (Wildman–Crippen MR) is 113 cm³/mol. The van der Waals surface area contributed by atoms with Crippen LogP contribution in [0.1, 0.15) is 28.0 Å². The lowest BCUT2D eigenvalue weighted by Crippen LogP contribution is -2.26. The highest BCUT2D eigenvalue weighted by molar-refractivity contribution is 7.16. The van der Waals surface area contributed by atoms with Gasteiger partial charge in [0.05, 0.1) is 5.56 Å². The van der Waals surface area contributed by atoms with Crippen LogP contribution in [0, 0.1) is 11.3 Å². The van der Waals surface area contributed by atoms with E-state index in [0.29, 0.717) is 29.8 Å². The Morgan fingerprint density at radius 3 is 2.90 bits per heavy atom. The van der Waals surface area contributed by atoms with Crippen LogP contribution in [0.4, 0.5) is 9.80 Å². The van der Waals surface area contributed by atoms with Gasteiger partial charge in [0.2, 0.25) is 5.91 Å². The van der Waals surface area contributed by atoms with Crippen LogP contribution in [0.15, 0.2) is 47.4 Å². The molecule has 0 saturated heterocycles. The number of nitrogens with zero attached hydrogens (tertiary/aromatic N) is 2. The molecule has 3 heterocycles. The Balaban J connectivity index is 1.45. The lowest BCUT2D eigenvalue weighted by Gasteiger charge is -2.22. The molecule has 0 aromatic carbocycles. The summed E-state index contributed by atoms with van der Waals surface area (Å²) in [7, 11) is 0. The summed E-state index contributed by atoms with van der Waals surface area (Å²) < 4.78 is 6.99. The Morgan fingerprint density at radius 1 is 1.34 bits per heavy atom. The van der Waals surface area contributed by atoms with Gasteiger partial charge in [0.25, 0.3) is 0 Å². The van der Waals surface area contributed by atoms with Crippen molar-refractivity contribution in [3.05, 3.63) is 69.0 Å². The highest BCUT2D eigenvalue weighted by atomic mass is 32.1. The number of carbonyl (C=O) groups is 2. The minimum atomic E-state index is -0.410. The molecule has 3 aromatic rings. The van der Waals surface area contributed by atoms with Gasteiger partial charge < -0.3 is 10.1 Å². The Labute approximate surface area is 175 Å². The maximum atomic E-state index is 12.3. The maximum absolute atomic E-state index is 12.3. The molecular formula is C21H17N3O3S2. The van der Waals surface area contributed by atoms with E-state index in [1.54, 1.807) is 41.9 Å². The first-order chi connectivity index (χ1) is 14.1. The van der Waals surface area contributed by atoms with Crippen molar-refractivity contribution in [2.45, 2.75) is 25.4 Å². The zero-order valence-corrected chi connectivity index (χ0v) is 17.0. The normalized spacial score (nSPS) is 15.6. The molecule has 1 aliphatic rings. The van der Waals surface area contributed by atoms with Gasteiger partial charge in [-0.25, -0.2) is 4.79 Å². The summed E-state index contributed by atoms with van der Waals surface area (Å²) in [4.78, 5) is 25.4. The molecule has 8 heteroatoms. The fourth-order valence-electron chi connectivity index (χ4n) is 3.22. The summed E-state index contributed by atoms with van der Waals surface area (Å²) in [6.45, 7) is 0. The van der Waals surface area contributed by atoms with Crippen molar-refractivity contribution in [2.75, 3.05) is 5.32 Å². The van der Waals surface area contributed by atoms with Crippen molar-refractivity contribution in [3.8, 4) is 6.07 Å². The van der Waals surface area contributed by atoms with Crippen molar-refractivity contribution in [1.82, 2.24) is 4.57 Å². The third-order valence-corrected chi connectivity index (χ3v) is 6.49. The second-order valence-corrected chi connectivity index (χ2v) is 8.42. The Hall–Kier alpha value is -3.15. The van der Waals surface area contributed by atoms with Gasteiger partial charge in [-0.2, -0.15) is 16.6 Å². The number of rotatable bonds is 4. The number of fused-ring (bicyclic) bond motifs is 1. The van der Waals surface area contributed by atoms with Gasteiger partial charge in [0, 0.05) is 29.8 Å². The molecule has 3 aromatic heterocycles. The number of carbonyl (C=O) groups excluding carboxylic acids is 2. The molecular weight excluding hydrogens is 406 g/mol. The summed E-state index contributed by atoms with van der Waals surface area (Å²) >= 11 is 2.94. The molecule has 1 unspecified atom stereocenters. The van der Waals surface area contributed by atoms with E-state index in [0.717, 1.165) is 16.0 Å². The second kappa shape index (κ2) is 8.47. The lowest BCUT2D eigenvalue weighted by atomic mass is 9.94. The van der Waals surface area contributed by atoms with Crippen molar-refractivity contribution < 1.29 is 14.3 Å². The van der Waals surface area contributed by atoms with Gasteiger partial charge in [-0.05, 0) is 59.0 Å². The molecule has 0 spiro atoms. The van der Waals surface area contributed by atoms with Gasteiger partial charge in [-0.15, -0.1) is 11.3 Å². The smallest absolute Gasteiger partial charge is 0.418 e. The monoisotopic (exact) mass is 423 g/mol. The van der Waals surface area contributed by atoms with Crippen molar-refractivity contribution >= 4 is 45.8 Å². The van der Waals surface area contributed by atoms with Crippen molar-refractivity contribution in [2.24, 2.45) is 0 Å². The van der Waals surface area contributed by atoms with E-state index >= 15 is 0 Å². The fourth-order valence-corrected chi connectivity index (χ4v) is 5.11. The molecule has 6 nitrogen and oxygen atoms in total. The quantitative estimate of drug-likeness (QED) is 0.618. The Kier molecular flexibility index (Phi) is 5.60. The molecule has 1 amide bonds. The van der Waals surface area contributed by atoms with Gasteiger partial charge in [0.1, 0.15) is 17.2 Å². The van der Waals surface area contributed by atoms with Crippen molar-refractivity contribution in [3.63, 3.8) is 0 Å². The standard InChI is InChI=1S/C21H17N3O3S2/c22-12-17-16-5-4-15(27-21(26)24-8-1-2-9-24)11-18(16)29-20(17)23-19(25)6-3-14-7-10-28-13-14/h1-3,6-10,13,15H,4-5,11H2,(H,23,25). The third kappa shape index (κ3) is 4.31. The van der Waals surface area contributed by atoms with Crippen LogP contribution in [0.5, 0.6) is 0 Å². The zero-order valence-electron chi connectivity index (χ0n) is 15.3. The SMILES string of the molecule is N#Cc1c(NC(=O)C=Cc2ccsc2)sc2c1CCC(OC(=O)n1cccc1)C2. The zero-order chi connectivity index (χ0) is 20.2. The highest BCUT2D eigenvalue weighted by Crippen LogP contribution is 2.38. The van der Waals surface area contributed by atoms with Crippen molar-refractivity contribution in [1.29, 1.82) is 5.26 Å². The molecule has 0 bridgehead atoms. The number of aromatic nitrogens is 1. The molecule has 1 N–H and O–H groups in total. The molecule has 29 heavy (non-hydrogen) atoms. The number of thiophene rings is 2. The van der Waals surface area contributed by atoms with Crippen LogP contribution in [0.3, 0.4) is 0 Å². The van der Waals surface area contributed by atoms with Gasteiger partial charge in [-0.3, -0.25) is 9.36 Å². The number of hydrogen-bond acceptors (Lipinski definition) is 6. The van der Waals surface area contributed by atoms with Crippen LogP contribution in [-0.2, 0) is 22.4 Å². The molecule has 0 radical (unpaired) electrons. The molecule has 0 fully saturated rings. The topological polar surface area (TPSA) is 84.1 Å². The molecule has 1 atom stereocenters.